The van der Waals surface area contributed by atoms with Crippen LogP contribution in [0.25, 0.3) is 11.1 Å². The lowest BCUT2D eigenvalue weighted by molar-refractivity contribution is -0.128. The topological polar surface area (TPSA) is 23.6 Å². The van der Waals surface area contributed by atoms with Crippen molar-refractivity contribution in [2.24, 2.45) is 5.41 Å². The maximum Gasteiger partial charge on any atom is 0.221 e. The minimum atomic E-state index is 0.0221. The third-order valence-electron chi connectivity index (χ3n) is 7.15. The van der Waals surface area contributed by atoms with Gasteiger partial charge in [-0.05, 0) is 62.2 Å². The van der Waals surface area contributed by atoms with Gasteiger partial charge < -0.3 is 9.80 Å². The molecule has 0 atom stereocenters. The van der Waals surface area contributed by atoms with Crippen LogP contribution in [0.2, 0.25) is 0 Å². The number of rotatable bonds is 5. The first kappa shape index (κ1) is 41.1. The van der Waals surface area contributed by atoms with Crippen molar-refractivity contribution in [3.63, 3.8) is 0 Å². The van der Waals surface area contributed by atoms with E-state index in [2.05, 4.69) is 101 Å². The third kappa shape index (κ3) is 11.3. The zero-order chi connectivity index (χ0) is 31.4. The number of fused-ring (bicyclic) bond motifs is 1. The maximum absolute atomic E-state index is 10.4. The Kier molecular flexibility index (Phi) is 22.6. The minimum absolute atomic E-state index is 0.0221. The molecule has 0 radical (unpaired) electrons. The average molecular weight is 541 g/mol. The Labute approximate surface area is 244 Å². The number of amides is 1. The fraction of sp³-hybridized carbons (Fsp3) is 0.583. The van der Waals surface area contributed by atoms with Crippen molar-refractivity contribution in [3.8, 4) is 0 Å². The molecule has 0 bridgehead atoms. The first-order valence-corrected chi connectivity index (χ1v) is 15.2. The SMILES string of the molecule is CC.CC.CC.CC.CCC(=O)N(C)C.CN(C)C(C)(C)C(C)(C)C1=C(c2ccccc2)Cc2ccccc21. The van der Waals surface area contributed by atoms with Gasteiger partial charge in [0.25, 0.3) is 0 Å². The first-order chi connectivity index (χ1) is 18.4. The van der Waals surface area contributed by atoms with Crippen LogP contribution < -0.4 is 0 Å². The highest BCUT2D eigenvalue weighted by atomic mass is 16.2. The number of allylic oxidation sites excluding steroid dienone is 1. The van der Waals surface area contributed by atoms with Gasteiger partial charge in [0.1, 0.15) is 0 Å². The second kappa shape index (κ2) is 21.4. The predicted octanol–water partition coefficient (Wildman–Crippen LogP) is 10.1. The molecule has 0 N–H and O–H groups in total. The van der Waals surface area contributed by atoms with Crippen molar-refractivity contribution < 1.29 is 4.79 Å². The Bertz CT molecular complexity index is 922. The molecule has 3 rings (SSSR count). The molecule has 1 aliphatic rings. The number of benzene rings is 2. The van der Waals surface area contributed by atoms with Gasteiger partial charge in [0.05, 0.1) is 0 Å². The van der Waals surface area contributed by atoms with E-state index in [4.69, 9.17) is 0 Å². The van der Waals surface area contributed by atoms with Crippen molar-refractivity contribution in [2.75, 3.05) is 28.2 Å². The van der Waals surface area contributed by atoms with Crippen molar-refractivity contribution in [2.45, 2.75) is 108 Å². The van der Waals surface area contributed by atoms with E-state index >= 15 is 0 Å². The van der Waals surface area contributed by atoms with Crippen LogP contribution in [0.1, 0.15) is 113 Å². The summed E-state index contributed by atoms with van der Waals surface area (Å²) in [6, 6.07) is 19.8. The minimum Gasteiger partial charge on any atom is -0.349 e. The maximum atomic E-state index is 10.4. The summed E-state index contributed by atoms with van der Waals surface area (Å²) in [5.41, 5.74) is 7.28. The van der Waals surface area contributed by atoms with Crippen molar-refractivity contribution >= 4 is 17.1 Å². The molecule has 3 nitrogen and oxygen atoms in total. The van der Waals surface area contributed by atoms with E-state index in [0.717, 1.165) is 6.42 Å². The predicted molar refractivity (Wildman–Crippen MR) is 179 cm³/mol. The highest BCUT2D eigenvalue weighted by Gasteiger charge is 2.45. The highest BCUT2D eigenvalue weighted by molar-refractivity contribution is 5.99. The molecule has 0 saturated carbocycles. The lowest BCUT2D eigenvalue weighted by atomic mass is 9.66. The molecule has 0 spiro atoms. The second-order valence-corrected chi connectivity index (χ2v) is 9.77. The summed E-state index contributed by atoms with van der Waals surface area (Å²) < 4.78 is 0. The van der Waals surface area contributed by atoms with Crippen LogP contribution in [-0.4, -0.2) is 49.4 Å². The van der Waals surface area contributed by atoms with Crippen LogP contribution in [0.4, 0.5) is 0 Å². The Balaban J connectivity index is -0.000000730. The lowest BCUT2D eigenvalue weighted by Crippen LogP contribution is -2.51. The van der Waals surface area contributed by atoms with E-state index in [0.29, 0.717) is 6.42 Å². The number of nitrogens with zero attached hydrogens (tertiary/aromatic N) is 2. The number of hydrogen-bond acceptors (Lipinski definition) is 2. The summed E-state index contributed by atoms with van der Waals surface area (Å²) in [6.07, 6.45) is 1.63. The number of carbonyl (C=O) groups is 1. The molecule has 0 aliphatic heterocycles. The normalized spacial score (nSPS) is 11.4. The number of carbonyl (C=O) groups excluding carboxylic acids is 1. The van der Waals surface area contributed by atoms with E-state index in [9.17, 15) is 4.79 Å². The molecule has 2 aromatic carbocycles. The first-order valence-electron chi connectivity index (χ1n) is 15.2. The summed E-state index contributed by atoms with van der Waals surface area (Å²) in [7, 11) is 7.88. The quantitative estimate of drug-likeness (QED) is 0.376. The van der Waals surface area contributed by atoms with E-state index in [1.54, 1.807) is 19.0 Å². The fourth-order valence-corrected chi connectivity index (χ4v) is 4.14. The van der Waals surface area contributed by atoms with Crippen LogP contribution in [0.5, 0.6) is 0 Å². The van der Waals surface area contributed by atoms with Gasteiger partial charge in [-0.2, -0.15) is 0 Å². The van der Waals surface area contributed by atoms with Gasteiger partial charge in [-0.25, -0.2) is 0 Å². The van der Waals surface area contributed by atoms with Crippen molar-refractivity contribution in [3.05, 3.63) is 71.3 Å². The van der Waals surface area contributed by atoms with Crippen LogP contribution >= 0.6 is 0 Å². The Hall–Kier alpha value is -2.39. The van der Waals surface area contributed by atoms with Gasteiger partial charge in [-0.15, -0.1) is 0 Å². The highest BCUT2D eigenvalue weighted by Crippen LogP contribution is 2.53. The van der Waals surface area contributed by atoms with Gasteiger partial charge in [0, 0.05) is 31.5 Å². The van der Waals surface area contributed by atoms with Crippen LogP contribution in [-0.2, 0) is 11.2 Å². The molecule has 2 aromatic rings. The molecule has 1 amide bonds. The largest absolute Gasteiger partial charge is 0.349 e. The van der Waals surface area contributed by atoms with Gasteiger partial charge in [0.2, 0.25) is 5.91 Å². The molecular formula is C36H64N2O. The molecule has 0 saturated heterocycles. The molecular weight excluding hydrogens is 476 g/mol. The van der Waals surface area contributed by atoms with Gasteiger partial charge in [0.15, 0.2) is 0 Å². The molecule has 0 unspecified atom stereocenters. The second-order valence-electron chi connectivity index (χ2n) is 9.77. The smallest absolute Gasteiger partial charge is 0.221 e. The number of hydrogen-bond donors (Lipinski definition) is 0. The van der Waals surface area contributed by atoms with Crippen LogP contribution in [0.15, 0.2) is 54.6 Å². The summed E-state index contributed by atoms with van der Waals surface area (Å²) in [6.45, 7) is 27.3. The Morgan fingerprint density at radius 2 is 1.15 bits per heavy atom. The van der Waals surface area contributed by atoms with Crippen molar-refractivity contribution in [1.82, 2.24) is 9.80 Å². The molecule has 0 heterocycles. The van der Waals surface area contributed by atoms with Crippen LogP contribution in [0, 0.1) is 5.41 Å². The zero-order valence-electron chi connectivity index (χ0n) is 28.9. The molecule has 3 heteroatoms. The zero-order valence-corrected chi connectivity index (χ0v) is 28.9. The van der Waals surface area contributed by atoms with Crippen LogP contribution in [0.3, 0.4) is 0 Å². The van der Waals surface area contributed by atoms with Gasteiger partial charge in [-0.1, -0.05) is 131 Å². The van der Waals surface area contributed by atoms with E-state index < -0.39 is 0 Å². The summed E-state index contributed by atoms with van der Waals surface area (Å²) >= 11 is 0. The Morgan fingerprint density at radius 3 is 1.54 bits per heavy atom. The van der Waals surface area contributed by atoms with E-state index in [1.165, 1.54) is 27.8 Å². The Morgan fingerprint density at radius 1 is 0.718 bits per heavy atom. The average Bonchev–Trinajstić information content (AvgIpc) is 3.38. The van der Waals surface area contributed by atoms with Gasteiger partial charge in [-0.3, -0.25) is 4.79 Å². The standard InChI is InChI=1S/C23H29N.C5H11NO.4C2H6/c1-22(2,23(3,4)24(5)6)21-19-15-11-10-14-18(19)16-20(21)17-12-8-7-9-13-17;1-4-5(7)6(2)3;4*1-2/h7-15H,16H2,1-6H3;4H2,1-3H3;4*1-2H3. The summed E-state index contributed by atoms with van der Waals surface area (Å²) in [5.74, 6) is 0.181. The monoisotopic (exact) mass is 541 g/mol. The summed E-state index contributed by atoms with van der Waals surface area (Å²) in [4.78, 5) is 14.4. The van der Waals surface area contributed by atoms with E-state index in [1.807, 2.05) is 62.3 Å². The molecule has 39 heavy (non-hydrogen) atoms. The fourth-order valence-electron chi connectivity index (χ4n) is 4.14. The molecule has 224 valence electrons. The molecule has 0 aromatic heterocycles. The molecule has 0 fully saturated rings. The lowest BCUT2D eigenvalue weighted by Gasteiger charge is -2.48. The molecule has 1 aliphatic carbocycles. The van der Waals surface area contributed by atoms with Crippen molar-refractivity contribution in [1.29, 1.82) is 0 Å². The third-order valence-corrected chi connectivity index (χ3v) is 7.15. The van der Waals surface area contributed by atoms with Gasteiger partial charge >= 0.3 is 0 Å². The van der Waals surface area contributed by atoms with E-state index in [-0.39, 0.29) is 16.9 Å². The summed E-state index contributed by atoms with van der Waals surface area (Å²) in [5, 5.41) is 0.